The number of carbonyl (C=O) groups excluding carboxylic acids is 4. The molecule has 166 valence electrons. The molecule has 2 aromatic carbocycles. The van der Waals surface area contributed by atoms with Crippen molar-refractivity contribution >= 4 is 35.1 Å². The number of ketones is 1. The highest BCUT2D eigenvalue weighted by Gasteiger charge is 2.51. The lowest BCUT2D eigenvalue weighted by molar-refractivity contribution is -0.154. The number of fused-ring (bicyclic) bond motifs is 1. The van der Waals surface area contributed by atoms with Gasteiger partial charge in [0.25, 0.3) is 17.7 Å². The largest absolute Gasteiger partial charge is 0.497 e. The quantitative estimate of drug-likeness (QED) is 0.490. The number of benzene rings is 2. The summed E-state index contributed by atoms with van der Waals surface area (Å²) in [6.07, 6.45) is 2.92. The fraction of sp³-hybridized carbons (Fsp3) is 0.333. The average Bonchev–Trinajstić information content (AvgIpc) is 3.07. The fourth-order valence-corrected chi connectivity index (χ4v) is 4.61. The first-order chi connectivity index (χ1) is 15.4. The van der Waals surface area contributed by atoms with Crippen LogP contribution in [0.15, 0.2) is 48.5 Å². The van der Waals surface area contributed by atoms with Gasteiger partial charge in [-0.1, -0.05) is 36.6 Å². The van der Waals surface area contributed by atoms with E-state index < -0.39 is 41.9 Å². The van der Waals surface area contributed by atoms with Crippen molar-refractivity contribution in [1.82, 2.24) is 10.0 Å². The third-order valence-electron chi connectivity index (χ3n) is 6.10. The zero-order chi connectivity index (χ0) is 22.8. The molecule has 2 atom stereocenters. The first-order valence-electron chi connectivity index (χ1n) is 10.5. The summed E-state index contributed by atoms with van der Waals surface area (Å²) in [5.41, 5.74) is 0.450. The van der Waals surface area contributed by atoms with Crippen LogP contribution in [0.5, 0.6) is 5.75 Å². The van der Waals surface area contributed by atoms with Gasteiger partial charge in [0, 0.05) is 5.56 Å². The number of halogens is 1. The number of ether oxygens (including phenoxy) is 1. The zero-order valence-electron chi connectivity index (χ0n) is 17.6. The molecular weight excluding hydrogens is 432 g/mol. The second kappa shape index (κ2) is 9.12. The SMILES string of the molecule is COc1ccc(C(=O)CN(C(=O)c2ccccc2Cl)N2C(=O)[C@@H]3CCCC[C@H]3C2=O)cc1. The summed E-state index contributed by atoms with van der Waals surface area (Å²) in [6.45, 7) is -0.465. The number of rotatable bonds is 6. The highest BCUT2D eigenvalue weighted by molar-refractivity contribution is 6.34. The minimum Gasteiger partial charge on any atom is -0.497 e. The Morgan fingerprint density at radius 3 is 2.16 bits per heavy atom. The van der Waals surface area contributed by atoms with Crippen molar-refractivity contribution in [3.8, 4) is 5.75 Å². The summed E-state index contributed by atoms with van der Waals surface area (Å²) in [6, 6.07) is 12.8. The van der Waals surface area contributed by atoms with Gasteiger partial charge in [-0.25, -0.2) is 5.01 Å². The molecule has 1 saturated carbocycles. The van der Waals surface area contributed by atoms with Crippen molar-refractivity contribution in [2.45, 2.75) is 25.7 Å². The van der Waals surface area contributed by atoms with E-state index in [4.69, 9.17) is 16.3 Å². The minimum atomic E-state index is -0.669. The van der Waals surface area contributed by atoms with Crippen LogP contribution >= 0.6 is 11.6 Å². The lowest BCUT2D eigenvalue weighted by Gasteiger charge is -2.30. The highest BCUT2D eigenvalue weighted by atomic mass is 35.5. The molecule has 4 rings (SSSR count). The number of Topliss-reactive ketones (excluding diaryl/α,β-unsaturated/α-hetero) is 1. The molecule has 3 amide bonds. The Hall–Kier alpha value is -3.19. The van der Waals surface area contributed by atoms with Gasteiger partial charge in [-0.05, 0) is 49.2 Å². The molecule has 2 aromatic rings. The van der Waals surface area contributed by atoms with Gasteiger partial charge in [-0.15, -0.1) is 0 Å². The molecule has 8 heteroatoms. The maximum atomic E-state index is 13.4. The molecule has 0 spiro atoms. The predicted molar refractivity (Wildman–Crippen MR) is 117 cm³/mol. The number of amides is 3. The smallest absolute Gasteiger partial charge is 0.274 e. The highest BCUT2D eigenvalue weighted by Crippen LogP contribution is 2.39. The van der Waals surface area contributed by atoms with Crippen LogP contribution in [0.4, 0.5) is 0 Å². The van der Waals surface area contributed by atoms with Crippen LogP contribution in [-0.2, 0) is 9.59 Å². The molecule has 1 aliphatic carbocycles. The van der Waals surface area contributed by atoms with E-state index in [9.17, 15) is 19.2 Å². The van der Waals surface area contributed by atoms with Gasteiger partial charge < -0.3 is 4.74 Å². The summed E-state index contributed by atoms with van der Waals surface area (Å²) in [4.78, 5) is 52.8. The second-order valence-electron chi connectivity index (χ2n) is 7.98. The molecule has 0 bridgehead atoms. The Kier molecular flexibility index (Phi) is 6.28. The molecule has 1 aliphatic heterocycles. The Morgan fingerprint density at radius 2 is 1.59 bits per heavy atom. The van der Waals surface area contributed by atoms with Gasteiger partial charge in [0.15, 0.2) is 5.78 Å². The number of nitrogens with zero attached hydrogens (tertiary/aromatic N) is 2. The normalized spacial score (nSPS) is 20.1. The summed E-state index contributed by atoms with van der Waals surface area (Å²) in [5, 5.41) is 2.01. The Bertz CT molecular complexity index is 1040. The van der Waals surface area contributed by atoms with Crippen LogP contribution in [0.2, 0.25) is 5.02 Å². The topological polar surface area (TPSA) is 84.0 Å². The molecule has 2 fully saturated rings. The number of imide groups is 1. The molecule has 2 aliphatic rings. The van der Waals surface area contributed by atoms with Crippen molar-refractivity contribution < 1.29 is 23.9 Å². The van der Waals surface area contributed by atoms with E-state index in [0.717, 1.165) is 22.9 Å². The second-order valence-corrected chi connectivity index (χ2v) is 8.39. The van der Waals surface area contributed by atoms with E-state index in [2.05, 4.69) is 0 Å². The Morgan fingerprint density at radius 1 is 1.00 bits per heavy atom. The third-order valence-corrected chi connectivity index (χ3v) is 6.43. The van der Waals surface area contributed by atoms with E-state index in [1.54, 1.807) is 42.5 Å². The average molecular weight is 455 g/mol. The number of carbonyl (C=O) groups is 4. The van der Waals surface area contributed by atoms with Gasteiger partial charge in [-0.3, -0.25) is 19.2 Å². The van der Waals surface area contributed by atoms with Crippen LogP contribution < -0.4 is 4.74 Å². The van der Waals surface area contributed by atoms with Crippen molar-refractivity contribution in [3.63, 3.8) is 0 Å². The van der Waals surface area contributed by atoms with Gasteiger partial charge >= 0.3 is 0 Å². The first-order valence-corrected chi connectivity index (χ1v) is 10.9. The molecule has 7 nitrogen and oxygen atoms in total. The van der Waals surface area contributed by atoms with E-state index in [0.29, 0.717) is 24.2 Å². The maximum absolute atomic E-state index is 13.4. The fourth-order valence-electron chi connectivity index (χ4n) is 4.39. The van der Waals surface area contributed by atoms with E-state index in [1.807, 2.05) is 0 Å². The maximum Gasteiger partial charge on any atom is 0.274 e. The minimum absolute atomic E-state index is 0.118. The van der Waals surface area contributed by atoms with Crippen LogP contribution in [0.25, 0.3) is 0 Å². The first kappa shape index (κ1) is 22.0. The molecule has 1 saturated heterocycles. The number of hydrazine groups is 1. The van der Waals surface area contributed by atoms with Gasteiger partial charge in [-0.2, -0.15) is 5.01 Å². The summed E-state index contributed by atoms with van der Waals surface area (Å²) < 4.78 is 5.11. The van der Waals surface area contributed by atoms with Gasteiger partial charge in [0.1, 0.15) is 12.3 Å². The molecule has 0 unspecified atom stereocenters. The molecular formula is C24H23ClN2O5. The Balaban J connectivity index is 1.69. The van der Waals surface area contributed by atoms with E-state index in [1.165, 1.54) is 13.2 Å². The molecule has 0 N–H and O–H groups in total. The van der Waals surface area contributed by atoms with Crippen molar-refractivity contribution in [1.29, 1.82) is 0 Å². The summed E-state index contributed by atoms with van der Waals surface area (Å²) >= 11 is 6.22. The summed E-state index contributed by atoms with van der Waals surface area (Å²) in [5.74, 6) is -2.26. The molecule has 32 heavy (non-hydrogen) atoms. The van der Waals surface area contributed by atoms with Crippen LogP contribution in [0.1, 0.15) is 46.4 Å². The van der Waals surface area contributed by atoms with Crippen LogP contribution in [0.3, 0.4) is 0 Å². The Labute approximate surface area is 190 Å². The molecule has 0 radical (unpaired) electrons. The lowest BCUT2D eigenvalue weighted by atomic mass is 9.81. The third kappa shape index (κ3) is 4.00. The van der Waals surface area contributed by atoms with Crippen molar-refractivity contribution in [2.75, 3.05) is 13.7 Å². The number of methoxy groups -OCH3 is 1. The standard InChI is InChI=1S/C24H23ClN2O5/c1-32-16-12-10-15(11-13-16)21(28)14-26(22(29)19-8-4-5-9-20(19)25)27-23(30)17-6-2-3-7-18(17)24(27)31/h4-5,8-13,17-18H,2-3,6-7,14H2,1H3/t17-,18-/m1/s1. The van der Waals surface area contributed by atoms with Gasteiger partial charge in [0.2, 0.25) is 0 Å². The summed E-state index contributed by atoms with van der Waals surface area (Å²) in [7, 11) is 1.52. The monoisotopic (exact) mass is 454 g/mol. The van der Waals surface area contributed by atoms with E-state index >= 15 is 0 Å². The van der Waals surface area contributed by atoms with Crippen LogP contribution in [0, 0.1) is 11.8 Å². The lowest BCUT2D eigenvalue weighted by Crippen LogP contribution is -2.52. The van der Waals surface area contributed by atoms with Crippen LogP contribution in [-0.4, -0.2) is 47.2 Å². The predicted octanol–water partition coefficient (Wildman–Crippen LogP) is 3.76. The van der Waals surface area contributed by atoms with Crippen molar-refractivity contribution in [2.24, 2.45) is 11.8 Å². The number of hydrogen-bond donors (Lipinski definition) is 0. The molecule has 1 heterocycles. The van der Waals surface area contributed by atoms with Crippen molar-refractivity contribution in [3.05, 3.63) is 64.7 Å². The molecule has 0 aromatic heterocycles. The number of hydrogen-bond acceptors (Lipinski definition) is 5. The van der Waals surface area contributed by atoms with Gasteiger partial charge in [0.05, 0.1) is 29.5 Å². The zero-order valence-corrected chi connectivity index (χ0v) is 18.4. The van der Waals surface area contributed by atoms with E-state index in [-0.39, 0.29) is 10.6 Å².